The van der Waals surface area contributed by atoms with E-state index in [1.807, 2.05) is 13.0 Å². The molecule has 1 N–H and O–H groups in total. The minimum Gasteiger partial charge on any atom is -0.423 e. The van der Waals surface area contributed by atoms with Crippen molar-refractivity contribution in [3.8, 4) is 5.75 Å². The van der Waals surface area contributed by atoms with Gasteiger partial charge in [-0.2, -0.15) is 5.10 Å². The van der Waals surface area contributed by atoms with Crippen molar-refractivity contribution < 1.29 is 14.3 Å². The molecule has 0 unspecified atom stereocenters. The second-order valence-electron chi connectivity index (χ2n) is 5.83. The molecule has 0 bridgehead atoms. The lowest BCUT2D eigenvalue weighted by molar-refractivity contribution is 0.0733. The first-order valence-corrected chi connectivity index (χ1v) is 9.15. The van der Waals surface area contributed by atoms with Gasteiger partial charge in [-0.25, -0.2) is 10.2 Å². The maximum atomic E-state index is 12.2. The molecule has 1 amide bonds. The summed E-state index contributed by atoms with van der Waals surface area (Å²) in [5.74, 6) is -0.386. The van der Waals surface area contributed by atoms with E-state index in [0.717, 1.165) is 11.3 Å². The maximum Gasteiger partial charge on any atom is 0.344 e. The largest absolute Gasteiger partial charge is 0.423 e. The first-order valence-electron chi connectivity index (χ1n) is 8.36. The highest BCUT2D eigenvalue weighted by Crippen LogP contribution is 2.19. The van der Waals surface area contributed by atoms with Gasteiger partial charge < -0.3 is 4.74 Å². The minimum atomic E-state index is -0.451. The molecule has 3 aromatic rings. The van der Waals surface area contributed by atoms with Gasteiger partial charge in [-0.3, -0.25) is 9.78 Å². The molecule has 28 heavy (non-hydrogen) atoms. The zero-order chi connectivity index (χ0) is 19.9. The highest BCUT2D eigenvalue weighted by molar-refractivity contribution is 9.10. The van der Waals surface area contributed by atoms with E-state index in [0.29, 0.717) is 21.3 Å². The molecule has 0 aliphatic heterocycles. The Bertz CT molecular complexity index is 1020. The monoisotopic (exact) mass is 437 g/mol. The molecule has 0 spiro atoms. The SMILES string of the molecule is Cc1ccc(C(=O)N/N=C\c2ccc(OC(=O)c3ccccc3Br)cc2)cn1. The summed E-state index contributed by atoms with van der Waals surface area (Å²) in [7, 11) is 0. The predicted molar refractivity (Wildman–Crippen MR) is 110 cm³/mol. The Morgan fingerprint density at radius 3 is 2.50 bits per heavy atom. The van der Waals surface area contributed by atoms with E-state index in [1.165, 1.54) is 12.4 Å². The smallest absolute Gasteiger partial charge is 0.344 e. The second kappa shape index (κ2) is 9.05. The van der Waals surface area contributed by atoms with Crippen molar-refractivity contribution in [2.75, 3.05) is 0 Å². The summed E-state index contributed by atoms with van der Waals surface area (Å²) in [4.78, 5) is 28.2. The fourth-order valence-corrected chi connectivity index (χ4v) is 2.69. The average molecular weight is 438 g/mol. The molecule has 0 saturated heterocycles. The Morgan fingerprint density at radius 1 is 1.07 bits per heavy atom. The van der Waals surface area contributed by atoms with Crippen LogP contribution >= 0.6 is 15.9 Å². The molecule has 2 aromatic carbocycles. The van der Waals surface area contributed by atoms with Crippen LogP contribution < -0.4 is 10.2 Å². The molecule has 140 valence electrons. The third kappa shape index (κ3) is 5.11. The normalized spacial score (nSPS) is 10.6. The van der Waals surface area contributed by atoms with Crippen molar-refractivity contribution >= 4 is 34.0 Å². The summed E-state index contributed by atoms with van der Waals surface area (Å²) >= 11 is 3.33. The highest BCUT2D eigenvalue weighted by atomic mass is 79.9. The van der Waals surface area contributed by atoms with Crippen molar-refractivity contribution in [2.45, 2.75) is 6.92 Å². The average Bonchev–Trinajstić information content (AvgIpc) is 2.70. The van der Waals surface area contributed by atoms with E-state index in [-0.39, 0.29) is 5.91 Å². The number of carbonyl (C=O) groups is 2. The number of aromatic nitrogens is 1. The van der Waals surface area contributed by atoms with Gasteiger partial charge in [0, 0.05) is 16.4 Å². The molecule has 0 atom stereocenters. The van der Waals surface area contributed by atoms with Crippen LogP contribution in [0.25, 0.3) is 0 Å². The standard InChI is InChI=1S/C21H16BrN3O3/c1-14-6-9-16(13-23-14)20(26)25-24-12-15-7-10-17(11-8-15)28-21(27)18-4-2-3-5-19(18)22/h2-13H,1H3,(H,25,26)/b24-12-. The molecule has 0 saturated carbocycles. The number of nitrogens with one attached hydrogen (secondary N) is 1. The van der Waals surface area contributed by atoms with Crippen molar-refractivity contribution in [2.24, 2.45) is 5.10 Å². The molecule has 3 rings (SSSR count). The first kappa shape index (κ1) is 19.4. The number of hydrogen-bond donors (Lipinski definition) is 1. The Labute approximate surface area is 170 Å². The van der Waals surface area contributed by atoms with E-state index in [1.54, 1.807) is 54.6 Å². The zero-order valence-electron chi connectivity index (χ0n) is 14.9. The van der Waals surface area contributed by atoms with Gasteiger partial charge in [0.15, 0.2) is 0 Å². The second-order valence-corrected chi connectivity index (χ2v) is 6.68. The number of rotatable bonds is 5. The molecule has 6 nitrogen and oxygen atoms in total. The Morgan fingerprint density at radius 2 is 1.82 bits per heavy atom. The molecule has 0 radical (unpaired) electrons. The van der Waals surface area contributed by atoms with Crippen molar-refractivity contribution in [1.29, 1.82) is 0 Å². The number of benzene rings is 2. The molecule has 0 aliphatic carbocycles. The molecule has 0 fully saturated rings. The maximum absolute atomic E-state index is 12.2. The van der Waals surface area contributed by atoms with Gasteiger partial charge in [0.05, 0.1) is 17.3 Å². The van der Waals surface area contributed by atoms with Crippen LogP contribution in [0.15, 0.2) is 76.4 Å². The van der Waals surface area contributed by atoms with Gasteiger partial charge >= 0.3 is 5.97 Å². The molecular weight excluding hydrogens is 422 g/mol. The zero-order valence-corrected chi connectivity index (χ0v) is 16.5. The number of halogens is 1. The van der Waals surface area contributed by atoms with Crippen molar-refractivity contribution in [1.82, 2.24) is 10.4 Å². The fraction of sp³-hybridized carbons (Fsp3) is 0.0476. The van der Waals surface area contributed by atoms with E-state index < -0.39 is 5.97 Å². The molecule has 7 heteroatoms. The summed E-state index contributed by atoms with van der Waals surface area (Å²) in [6, 6.07) is 17.2. The van der Waals surface area contributed by atoms with Gasteiger partial charge in [0.1, 0.15) is 5.75 Å². The Hall–Kier alpha value is -3.32. The van der Waals surface area contributed by atoms with E-state index >= 15 is 0 Å². The van der Waals surface area contributed by atoms with Crippen molar-refractivity contribution in [3.05, 3.63) is 93.7 Å². The summed E-state index contributed by atoms with van der Waals surface area (Å²) < 4.78 is 6.03. The predicted octanol–water partition coefficient (Wildman–Crippen LogP) is 4.14. The van der Waals surface area contributed by atoms with Crippen LogP contribution in [0.2, 0.25) is 0 Å². The molecule has 1 heterocycles. The number of esters is 1. The van der Waals surface area contributed by atoms with Crippen LogP contribution in [0.1, 0.15) is 32.0 Å². The number of carbonyl (C=O) groups excluding carboxylic acids is 2. The number of nitrogens with zero attached hydrogens (tertiary/aromatic N) is 2. The summed E-state index contributed by atoms with van der Waals surface area (Å²) in [6.45, 7) is 1.85. The van der Waals surface area contributed by atoms with Crippen LogP contribution in [-0.2, 0) is 0 Å². The number of aryl methyl sites for hydroxylation is 1. The van der Waals surface area contributed by atoms with E-state index in [9.17, 15) is 9.59 Å². The van der Waals surface area contributed by atoms with E-state index in [2.05, 4.69) is 31.4 Å². The van der Waals surface area contributed by atoms with Crippen LogP contribution in [0.3, 0.4) is 0 Å². The van der Waals surface area contributed by atoms with Crippen LogP contribution in [0.5, 0.6) is 5.75 Å². The fourth-order valence-electron chi connectivity index (χ4n) is 2.24. The number of pyridine rings is 1. The van der Waals surface area contributed by atoms with Crippen LogP contribution in [0, 0.1) is 6.92 Å². The highest BCUT2D eigenvalue weighted by Gasteiger charge is 2.11. The van der Waals surface area contributed by atoms with Gasteiger partial charge in [-0.15, -0.1) is 0 Å². The lowest BCUT2D eigenvalue weighted by Crippen LogP contribution is -2.17. The topological polar surface area (TPSA) is 80.6 Å². The van der Waals surface area contributed by atoms with Gasteiger partial charge in [-0.05, 0) is 76.9 Å². The number of amides is 1. The van der Waals surface area contributed by atoms with E-state index in [4.69, 9.17) is 4.74 Å². The van der Waals surface area contributed by atoms with Crippen molar-refractivity contribution in [3.63, 3.8) is 0 Å². The number of ether oxygens (including phenoxy) is 1. The van der Waals surface area contributed by atoms with Gasteiger partial charge in [-0.1, -0.05) is 12.1 Å². The summed E-state index contributed by atoms with van der Waals surface area (Å²) in [6.07, 6.45) is 2.99. The Balaban J connectivity index is 1.57. The van der Waals surface area contributed by atoms with Crippen LogP contribution in [-0.4, -0.2) is 23.1 Å². The van der Waals surface area contributed by atoms with Gasteiger partial charge in [0.2, 0.25) is 0 Å². The molecule has 0 aliphatic rings. The molecular formula is C21H16BrN3O3. The summed E-state index contributed by atoms with van der Waals surface area (Å²) in [5.41, 5.74) is 4.89. The minimum absolute atomic E-state index is 0.345. The molecule has 1 aromatic heterocycles. The third-order valence-corrected chi connectivity index (χ3v) is 4.43. The van der Waals surface area contributed by atoms with Crippen LogP contribution in [0.4, 0.5) is 0 Å². The number of hydrazone groups is 1. The Kier molecular flexibility index (Phi) is 6.29. The first-order chi connectivity index (χ1) is 13.5. The lowest BCUT2D eigenvalue weighted by atomic mass is 10.2. The van der Waals surface area contributed by atoms with Gasteiger partial charge in [0.25, 0.3) is 5.91 Å². The third-order valence-electron chi connectivity index (χ3n) is 3.74. The summed E-state index contributed by atoms with van der Waals surface area (Å²) in [5, 5.41) is 3.92. The number of hydrogen-bond acceptors (Lipinski definition) is 5. The lowest BCUT2D eigenvalue weighted by Gasteiger charge is -2.06. The quantitative estimate of drug-likeness (QED) is 0.281.